The fourth-order valence-corrected chi connectivity index (χ4v) is 0.651. The van der Waals surface area contributed by atoms with Crippen molar-refractivity contribution in [2.45, 2.75) is 0 Å². The molecule has 1 N–H and O–H groups in total. The van der Waals surface area contributed by atoms with E-state index in [4.69, 9.17) is 2.74 Å². The van der Waals surface area contributed by atoms with Gasteiger partial charge in [-0.3, -0.25) is 4.79 Å². The van der Waals surface area contributed by atoms with Gasteiger partial charge in [0, 0.05) is 7.05 Å². The summed E-state index contributed by atoms with van der Waals surface area (Å²) in [6.07, 6.45) is -0.406. The van der Waals surface area contributed by atoms with Crippen molar-refractivity contribution in [3.63, 3.8) is 0 Å². The molecule has 4 nitrogen and oxygen atoms in total. The number of carbonyl (C=O) groups excluding carboxylic acids is 1. The van der Waals surface area contributed by atoms with Crippen molar-refractivity contribution in [1.82, 2.24) is 15.3 Å². The van der Waals surface area contributed by atoms with Crippen LogP contribution in [0.2, 0.25) is 0 Å². The van der Waals surface area contributed by atoms with Crippen molar-refractivity contribution < 1.29 is 7.54 Å². The molecule has 0 bridgehead atoms. The van der Waals surface area contributed by atoms with Crippen LogP contribution in [0.3, 0.4) is 0 Å². The zero-order valence-electron chi connectivity index (χ0n) is 7.68. The third-order valence-corrected chi connectivity index (χ3v) is 1.32. The number of nitrogens with zero attached hydrogens (tertiary/aromatic N) is 2. The average molecular weight is 218 g/mol. The largest absolute Gasteiger partial charge is 0.354 e. The van der Waals surface area contributed by atoms with E-state index in [-0.39, 0.29) is 22.6 Å². The third kappa shape index (κ3) is 1.98. The molecule has 5 heteroatoms. The van der Waals surface area contributed by atoms with Crippen LogP contribution in [0.15, 0.2) is 16.9 Å². The standard InChI is InChI=1S/C6H6BrN3O/c1-8-6(11)4-2-10-5(7)3-9-4/h2-3H,1H3,(H,8,11)/i2D,3D. The monoisotopic (exact) mass is 217 g/mol. The first-order valence-electron chi connectivity index (χ1n) is 3.79. The second-order valence-electron chi connectivity index (χ2n) is 1.67. The zero-order valence-corrected chi connectivity index (χ0v) is 7.27. The molecular formula is C6H6BrN3O. The summed E-state index contributed by atoms with van der Waals surface area (Å²) in [5, 5.41) is 2.31. The second-order valence-corrected chi connectivity index (χ2v) is 2.42. The van der Waals surface area contributed by atoms with Gasteiger partial charge in [-0.05, 0) is 15.9 Å². The lowest BCUT2D eigenvalue weighted by Crippen LogP contribution is -2.19. The minimum Gasteiger partial charge on any atom is -0.354 e. The number of rotatable bonds is 1. The highest BCUT2D eigenvalue weighted by atomic mass is 79.9. The summed E-state index contributed by atoms with van der Waals surface area (Å²) in [6, 6.07) is 0. The summed E-state index contributed by atoms with van der Waals surface area (Å²) in [4.78, 5) is 18.3. The maximum absolute atomic E-state index is 11.1. The molecule has 0 saturated carbocycles. The molecule has 1 amide bonds. The van der Waals surface area contributed by atoms with E-state index in [1.807, 2.05) is 0 Å². The van der Waals surface area contributed by atoms with Crippen LogP contribution in [0.1, 0.15) is 13.2 Å². The quantitative estimate of drug-likeness (QED) is 0.750. The summed E-state index contributed by atoms with van der Waals surface area (Å²) < 4.78 is 14.7. The molecule has 0 unspecified atom stereocenters. The number of amides is 1. The molecular weight excluding hydrogens is 210 g/mol. The predicted molar refractivity (Wildman–Crippen MR) is 43.1 cm³/mol. The summed E-state index contributed by atoms with van der Waals surface area (Å²) in [5.74, 6) is -0.515. The Morgan fingerprint density at radius 3 is 3.09 bits per heavy atom. The van der Waals surface area contributed by atoms with Crippen LogP contribution < -0.4 is 5.32 Å². The lowest BCUT2D eigenvalue weighted by molar-refractivity contribution is 0.0957. The van der Waals surface area contributed by atoms with E-state index in [9.17, 15) is 4.79 Å². The lowest BCUT2D eigenvalue weighted by Gasteiger charge is -1.96. The van der Waals surface area contributed by atoms with E-state index in [0.717, 1.165) is 0 Å². The highest BCUT2D eigenvalue weighted by molar-refractivity contribution is 9.10. The van der Waals surface area contributed by atoms with Gasteiger partial charge in [0.2, 0.25) is 0 Å². The normalized spacial score (nSPS) is 11.8. The van der Waals surface area contributed by atoms with Crippen LogP contribution in [0.5, 0.6) is 0 Å². The van der Waals surface area contributed by atoms with Gasteiger partial charge in [0.1, 0.15) is 10.3 Å². The molecule has 0 aromatic carbocycles. The van der Waals surface area contributed by atoms with Gasteiger partial charge in [-0.1, -0.05) is 0 Å². The Balaban J connectivity index is 3.23. The molecule has 0 radical (unpaired) electrons. The van der Waals surface area contributed by atoms with E-state index in [1.54, 1.807) is 0 Å². The van der Waals surface area contributed by atoms with Gasteiger partial charge in [0.05, 0.1) is 15.1 Å². The molecule has 0 aliphatic heterocycles. The predicted octanol–water partition coefficient (Wildman–Crippen LogP) is 0.599. The van der Waals surface area contributed by atoms with Crippen molar-refractivity contribution in [1.29, 1.82) is 0 Å². The minimum absolute atomic E-state index is 0.143. The van der Waals surface area contributed by atoms with E-state index >= 15 is 0 Å². The van der Waals surface area contributed by atoms with Crippen LogP contribution in [0, 0.1) is 0 Å². The molecule has 0 fully saturated rings. The molecule has 58 valence electrons. The summed E-state index contributed by atoms with van der Waals surface area (Å²) in [5.41, 5.74) is -0.143. The average Bonchev–Trinajstić information content (AvgIpc) is 2.10. The van der Waals surface area contributed by atoms with E-state index in [2.05, 4.69) is 31.2 Å². The molecule has 0 aliphatic carbocycles. The van der Waals surface area contributed by atoms with Gasteiger partial charge in [-0.25, -0.2) is 9.97 Å². The van der Waals surface area contributed by atoms with Crippen molar-refractivity contribution in [3.8, 4) is 0 Å². The summed E-state index contributed by atoms with van der Waals surface area (Å²) in [7, 11) is 1.43. The maximum Gasteiger partial charge on any atom is 0.271 e. The Labute approximate surface area is 75.0 Å². The topological polar surface area (TPSA) is 54.9 Å². The van der Waals surface area contributed by atoms with Crippen LogP contribution in [0.4, 0.5) is 0 Å². The number of nitrogens with one attached hydrogen (secondary N) is 1. The van der Waals surface area contributed by atoms with Gasteiger partial charge < -0.3 is 5.32 Å². The molecule has 0 atom stereocenters. The summed E-state index contributed by atoms with van der Waals surface area (Å²) in [6.45, 7) is 0. The Kier molecular flexibility index (Phi) is 1.76. The smallest absolute Gasteiger partial charge is 0.271 e. The molecule has 1 aromatic rings. The Bertz CT molecular complexity index is 358. The van der Waals surface area contributed by atoms with Gasteiger partial charge in [-0.2, -0.15) is 0 Å². The van der Waals surface area contributed by atoms with Crippen LogP contribution in [-0.4, -0.2) is 22.9 Å². The van der Waals surface area contributed by atoms with Crippen molar-refractivity contribution >= 4 is 21.8 Å². The Morgan fingerprint density at radius 1 is 1.73 bits per heavy atom. The fourth-order valence-electron chi connectivity index (χ4n) is 0.474. The highest BCUT2D eigenvalue weighted by Gasteiger charge is 2.03. The summed E-state index contributed by atoms with van der Waals surface area (Å²) >= 11 is 2.94. The SMILES string of the molecule is [2H]c1nc(C(=O)NC)c([2H])nc1Br. The fraction of sp³-hybridized carbons (Fsp3) is 0.167. The van der Waals surface area contributed by atoms with Crippen molar-refractivity contribution in [2.24, 2.45) is 0 Å². The first kappa shape index (κ1) is 5.65. The molecule has 0 aliphatic rings. The maximum atomic E-state index is 11.1. The number of halogens is 1. The first-order chi connectivity index (χ1) is 6.06. The zero-order chi connectivity index (χ0) is 10.0. The number of hydrogen-bond donors (Lipinski definition) is 1. The minimum atomic E-state index is -0.515. The number of hydrogen-bond acceptors (Lipinski definition) is 3. The molecule has 11 heavy (non-hydrogen) atoms. The van der Waals surface area contributed by atoms with Gasteiger partial charge in [0.15, 0.2) is 0 Å². The molecule has 0 saturated heterocycles. The van der Waals surface area contributed by atoms with E-state index < -0.39 is 5.91 Å². The van der Waals surface area contributed by atoms with Crippen molar-refractivity contribution in [2.75, 3.05) is 7.05 Å². The van der Waals surface area contributed by atoms with Crippen molar-refractivity contribution in [3.05, 3.63) is 22.6 Å². The number of aromatic nitrogens is 2. The molecule has 1 heterocycles. The molecule has 0 spiro atoms. The third-order valence-electron chi connectivity index (χ3n) is 0.962. The van der Waals surface area contributed by atoms with Gasteiger partial charge >= 0.3 is 0 Å². The first-order valence-corrected chi connectivity index (χ1v) is 3.58. The van der Waals surface area contributed by atoms with E-state index in [0.29, 0.717) is 0 Å². The lowest BCUT2D eigenvalue weighted by atomic mass is 10.4. The number of carbonyl (C=O) groups is 1. The van der Waals surface area contributed by atoms with Crippen LogP contribution in [0.25, 0.3) is 0 Å². The molecule has 1 rings (SSSR count). The van der Waals surface area contributed by atoms with Gasteiger partial charge in [-0.15, -0.1) is 0 Å². The van der Waals surface area contributed by atoms with Gasteiger partial charge in [0.25, 0.3) is 5.91 Å². The van der Waals surface area contributed by atoms with Crippen LogP contribution >= 0.6 is 15.9 Å². The Morgan fingerprint density at radius 2 is 2.45 bits per heavy atom. The highest BCUT2D eigenvalue weighted by Crippen LogP contribution is 2.01. The Hall–Kier alpha value is -0.970. The van der Waals surface area contributed by atoms with E-state index in [1.165, 1.54) is 7.05 Å². The van der Waals surface area contributed by atoms with Crippen LogP contribution in [-0.2, 0) is 0 Å². The second kappa shape index (κ2) is 3.43. The molecule has 1 aromatic heterocycles.